The van der Waals surface area contributed by atoms with Gasteiger partial charge in [-0.3, -0.25) is 0 Å². The summed E-state index contributed by atoms with van der Waals surface area (Å²) < 4.78 is 5.26. The van der Waals surface area contributed by atoms with Gasteiger partial charge >= 0.3 is 0 Å². The van der Waals surface area contributed by atoms with Crippen molar-refractivity contribution in [1.29, 1.82) is 0 Å². The highest BCUT2D eigenvalue weighted by Crippen LogP contribution is 2.02. The summed E-state index contributed by atoms with van der Waals surface area (Å²) in [6.07, 6.45) is 3.91. The summed E-state index contributed by atoms with van der Waals surface area (Å²) in [4.78, 5) is 0. The van der Waals surface area contributed by atoms with Crippen LogP contribution in [0, 0.1) is 0 Å². The van der Waals surface area contributed by atoms with Gasteiger partial charge in [-0.1, -0.05) is 11.6 Å². The highest BCUT2D eigenvalue weighted by atomic mass is 16.5. The standard InChI is InChI=1S/C10H17NO/c1-8(2)6-7-9(3)12-10(4)11-5/h6-7,11H,4H2,1-3,5H3/b9-7+. The molecular weight excluding hydrogens is 150 g/mol. The van der Waals surface area contributed by atoms with Crippen molar-refractivity contribution < 1.29 is 4.74 Å². The molecule has 0 rings (SSSR count). The molecule has 0 aromatic heterocycles. The zero-order chi connectivity index (χ0) is 9.56. The first-order valence-electron chi connectivity index (χ1n) is 3.92. The van der Waals surface area contributed by atoms with Crippen LogP contribution in [0.15, 0.2) is 35.9 Å². The van der Waals surface area contributed by atoms with Gasteiger partial charge in [0.2, 0.25) is 0 Å². The zero-order valence-electron chi connectivity index (χ0n) is 8.27. The van der Waals surface area contributed by atoms with Crippen LogP contribution in [0.1, 0.15) is 20.8 Å². The van der Waals surface area contributed by atoms with Gasteiger partial charge in [0.05, 0.1) is 0 Å². The molecule has 0 amide bonds. The van der Waals surface area contributed by atoms with Crippen LogP contribution in [-0.4, -0.2) is 7.05 Å². The van der Waals surface area contributed by atoms with E-state index in [4.69, 9.17) is 4.74 Å². The van der Waals surface area contributed by atoms with Crippen molar-refractivity contribution in [1.82, 2.24) is 5.32 Å². The van der Waals surface area contributed by atoms with Crippen molar-refractivity contribution in [3.8, 4) is 0 Å². The number of hydrogen-bond acceptors (Lipinski definition) is 2. The predicted octanol–water partition coefficient (Wildman–Crippen LogP) is 2.56. The smallest absolute Gasteiger partial charge is 0.185 e. The van der Waals surface area contributed by atoms with E-state index in [-0.39, 0.29) is 0 Å². The fourth-order valence-electron chi connectivity index (χ4n) is 0.563. The molecule has 2 nitrogen and oxygen atoms in total. The van der Waals surface area contributed by atoms with Crippen molar-refractivity contribution in [2.75, 3.05) is 7.05 Å². The maximum absolute atomic E-state index is 5.26. The third-order valence-corrected chi connectivity index (χ3v) is 1.21. The quantitative estimate of drug-likeness (QED) is 0.513. The lowest BCUT2D eigenvalue weighted by Crippen LogP contribution is -2.06. The van der Waals surface area contributed by atoms with Gasteiger partial charge in [0.15, 0.2) is 5.88 Å². The molecule has 0 aromatic carbocycles. The van der Waals surface area contributed by atoms with E-state index < -0.39 is 0 Å². The lowest BCUT2D eigenvalue weighted by Gasteiger charge is -2.06. The fraction of sp³-hybridized carbons (Fsp3) is 0.400. The molecular formula is C10H17NO. The molecule has 2 heteroatoms. The van der Waals surface area contributed by atoms with E-state index in [0.717, 1.165) is 5.76 Å². The van der Waals surface area contributed by atoms with Crippen molar-refractivity contribution in [2.45, 2.75) is 20.8 Å². The number of allylic oxidation sites excluding steroid dienone is 4. The Kier molecular flexibility index (Phi) is 4.93. The maximum Gasteiger partial charge on any atom is 0.185 e. The van der Waals surface area contributed by atoms with Crippen LogP contribution in [0.2, 0.25) is 0 Å². The highest BCUT2D eigenvalue weighted by molar-refractivity contribution is 5.11. The average Bonchev–Trinajstić information content (AvgIpc) is 2.00. The summed E-state index contributed by atoms with van der Waals surface area (Å²) in [5.74, 6) is 1.39. The summed E-state index contributed by atoms with van der Waals surface area (Å²) in [7, 11) is 1.77. The number of hydrogen-bond donors (Lipinski definition) is 1. The third-order valence-electron chi connectivity index (χ3n) is 1.21. The minimum Gasteiger partial charge on any atom is -0.447 e. The molecule has 0 saturated heterocycles. The van der Waals surface area contributed by atoms with Crippen molar-refractivity contribution in [3.63, 3.8) is 0 Å². The molecule has 0 bridgehead atoms. The van der Waals surface area contributed by atoms with Crippen molar-refractivity contribution in [2.24, 2.45) is 0 Å². The summed E-state index contributed by atoms with van der Waals surface area (Å²) in [6, 6.07) is 0. The zero-order valence-corrected chi connectivity index (χ0v) is 8.27. The molecule has 0 unspecified atom stereocenters. The molecule has 0 aliphatic rings. The van der Waals surface area contributed by atoms with Gasteiger partial charge in [-0.05, 0) is 33.4 Å². The molecule has 0 heterocycles. The van der Waals surface area contributed by atoms with E-state index in [0.29, 0.717) is 5.88 Å². The maximum atomic E-state index is 5.26. The monoisotopic (exact) mass is 167 g/mol. The minimum atomic E-state index is 0.561. The number of rotatable bonds is 4. The predicted molar refractivity (Wildman–Crippen MR) is 52.5 cm³/mol. The molecule has 1 N–H and O–H groups in total. The second-order valence-electron chi connectivity index (χ2n) is 2.80. The Morgan fingerprint density at radius 2 is 1.83 bits per heavy atom. The van der Waals surface area contributed by atoms with Crippen LogP contribution in [0.5, 0.6) is 0 Å². The summed E-state index contributed by atoms with van der Waals surface area (Å²) in [6.45, 7) is 9.61. The third kappa shape index (κ3) is 5.59. The van der Waals surface area contributed by atoms with Crippen LogP contribution in [0.25, 0.3) is 0 Å². The Balaban J connectivity index is 4.03. The molecule has 0 aliphatic heterocycles. The van der Waals surface area contributed by atoms with Gasteiger partial charge in [0, 0.05) is 7.05 Å². The molecule has 0 fully saturated rings. The molecule has 12 heavy (non-hydrogen) atoms. The van der Waals surface area contributed by atoms with Crippen LogP contribution in [-0.2, 0) is 4.74 Å². The Labute approximate surface area is 74.6 Å². The van der Waals surface area contributed by atoms with E-state index >= 15 is 0 Å². The van der Waals surface area contributed by atoms with Gasteiger partial charge in [-0.15, -0.1) is 0 Å². The van der Waals surface area contributed by atoms with Crippen molar-refractivity contribution >= 4 is 0 Å². The lowest BCUT2D eigenvalue weighted by molar-refractivity contribution is 0.285. The number of ether oxygens (including phenoxy) is 1. The highest BCUT2D eigenvalue weighted by Gasteiger charge is 1.90. The molecule has 0 aromatic rings. The van der Waals surface area contributed by atoms with Gasteiger partial charge in [0.1, 0.15) is 5.76 Å². The fourth-order valence-corrected chi connectivity index (χ4v) is 0.563. The molecule has 0 atom stereocenters. The van der Waals surface area contributed by atoms with Gasteiger partial charge in [0.25, 0.3) is 0 Å². The largest absolute Gasteiger partial charge is 0.447 e. The van der Waals surface area contributed by atoms with E-state index in [1.165, 1.54) is 5.57 Å². The van der Waals surface area contributed by atoms with Crippen LogP contribution >= 0.6 is 0 Å². The SMILES string of the molecule is C=C(NC)O/C(C)=C/C=C(C)C. The first-order chi connectivity index (χ1) is 5.56. The minimum absolute atomic E-state index is 0.561. The van der Waals surface area contributed by atoms with Crippen molar-refractivity contribution in [3.05, 3.63) is 35.9 Å². The van der Waals surface area contributed by atoms with E-state index in [9.17, 15) is 0 Å². The van der Waals surface area contributed by atoms with Crippen LogP contribution in [0.3, 0.4) is 0 Å². The molecule has 68 valence electrons. The lowest BCUT2D eigenvalue weighted by atomic mass is 10.3. The van der Waals surface area contributed by atoms with Crippen LogP contribution < -0.4 is 5.32 Å². The van der Waals surface area contributed by atoms with Gasteiger partial charge in [-0.25, -0.2) is 0 Å². The molecule has 0 spiro atoms. The van der Waals surface area contributed by atoms with Gasteiger partial charge in [-0.2, -0.15) is 0 Å². The normalized spacial score (nSPS) is 10.5. The summed E-state index contributed by atoms with van der Waals surface area (Å²) in [5.41, 5.74) is 1.24. The van der Waals surface area contributed by atoms with E-state index in [1.807, 2.05) is 32.9 Å². The van der Waals surface area contributed by atoms with E-state index in [2.05, 4.69) is 11.9 Å². The second-order valence-corrected chi connectivity index (χ2v) is 2.80. The first kappa shape index (κ1) is 10.8. The van der Waals surface area contributed by atoms with Crippen LogP contribution in [0.4, 0.5) is 0 Å². The summed E-state index contributed by atoms with van der Waals surface area (Å²) in [5, 5.41) is 2.81. The second kappa shape index (κ2) is 5.47. The average molecular weight is 167 g/mol. The Morgan fingerprint density at radius 3 is 2.25 bits per heavy atom. The molecule has 0 saturated carbocycles. The Hall–Kier alpha value is -1.18. The molecule has 0 aliphatic carbocycles. The van der Waals surface area contributed by atoms with E-state index in [1.54, 1.807) is 7.05 Å². The summed E-state index contributed by atoms with van der Waals surface area (Å²) >= 11 is 0. The number of nitrogens with one attached hydrogen (secondary N) is 1. The Bertz CT molecular complexity index is 210. The molecule has 0 radical (unpaired) electrons. The van der Waals surface area contributed by atoms with Gasteiger partial charge < -0.3 is 10.1 Å². The Morgan fingerprint density at radius 1 is 1.25 bits per heavy atom. The topological polar surface area (TPSA) is 21.3 Å². The first-order valence-corrected chi connectivity index (χ1v) is 3.92.